The van der Waals surface area contributed by atoms with Gasteiger partial charge in [0.05, 0.1) is 5.02 Å². The maximum Gasteiger partial charge on any atom is 0.245 e. The van der Waals surface area contributed by atoms with Gasteiger partial charge in [0, 0.05) is 19.1 Å². The lowest BCUT2D eigenvalue weighted by atomic mass is 10.2. The second-order valence-electron chi connectivity index (χ2n) is 4.43. The van der Waals surface area contributed by atoms with Crippen molar-refractivity contribution in [3.05, 3.63) is 41.4 Å². The van der Waals surface area contributed by atoms with Crippen LogP contribution in [0.25, 0.3) is 0 Å². The van der Waals surface area contributed by atoms with Crippen LogP contribution in [-0.4, -0.2) is 25.3 Å². The second-order valence-corrected chi connectivity index (χ2v) is 6.69. The van der Waals surface area contributed by atoms with Crippen molar-refractivity contribution in [1.29, 1.82) is 0 Å². The molecule has 0 aromatic heterocycles. The molecular formula is C13H19ClN2O2S. The van der Waals surface area contributed by atoms with Crippen molar-refractivity contribution in [1.82, 2.24) is 4.31 Å². The maximum absolute atomic E-state index is 12.6. The van der Waals surface area contributed by atoms with Gasteiger partial charge >= 0.3 is 0 Å². The fourth-order valence-corrected chi connectivity index (χ4v) is 3.85. The zero-order valence-corrected chi connectivity index (χ0v) is 12.7. The summed E-state index contributed by atoms with van der Waals surface area (Å²) in [5.74, 6) is 0. The van der Waals surface area contributed by atoms with Crippen LogP contribution in [0.4, 0.5) is 0 Å². The predicted molar refractivity (Wildman–Crippen MR) is 78.6 cm³/mol. The Morgan fingerprint density at radius 3 is 2.58 bits per heavy atom. The van der Waals surface area contributed by atoms with Crippen LogP contribution in [0.2, 0.25) is 5.02 Å². The van der Waals surface area contributed by atoms with Gasteiger partial charge in [-0.25, -0.2) is 8.42 Å². The molecule has 0 aliphatic rings. The smallest absolute Gasteiger partial charge is 0.245 e. The first-order valence-corrected chi connectivity index (χ1v) is 7.77. The van der Waals surface area contributed by atoms with E-state index in [2.05, 4.69) is 6.58 Å². The molecule has 0 saturated heterocycles. The average molecular weight is 303 g/mol. The van der Waals surface area contributed by atoms with Crippen molar-refractivity contribution in [2.75, 3.05) is 6.54 Å². The number of rotatable bonds is 6. The first kappa shape index (κ1) is 16.2. The van der Waals surface area contributed by atoms with E-state index >= 15 is 0 Å². The van der Waals surface area contributed by atoms with Crippen molar-refractivity contribution in [3.8, 4) is 0 Å². The van der Waals surface area contributed by atoms with E-state index in [0.29, 0.717) is 0 Å². The summed E-state index contributed by atoms with van der Waals surface area (Å²) in [6, 6.07) is 4.62. The Morgan fingerprint density at radius 1 is 1.47 bits per heavy atom. The third kappa shape index (κ3) is 3.57. The summed E-state index contributed by atoms with van der Waals surface area (Å²) in [6.07, 6.45) is 1.55. The van der Waals surface area contributed by atoms with Crippen molar-refractivity contribution in [2.24, 2.45) is 5.73 Å². The predicted octanol–water partition coefficient (Wildman–Crippen LogP) is 2.38. The van der Waals surface area contributed by atoms with Gasteiger partial charge in [0.25, 0.3) is 0 Å². The molecule has 1 rings (SSSR count). The monoisotopic (exact) mass is 302 g/mol. The van der Waals surface area contributed by atoms with Crippen molar-refractivity contribution >= 4 is 21.6 Å². The molecule has 0 radical (unpaired) electrons. The van der Waals surface area contributed by atoms with Crippen molar-refractivity contribution < 1.29 is 8.42 Å². The zero-order chi connectivity index (χ0) is 14.6. The highest BCUT2D eigenvalue weighted by atomic mass is 35.5. The molecule has 1 aromatic carbocycles. The van der Waals surface area contributed by atoms with Crippen LogP contribution in [0.5, 0.6) is 0 Å². The molecule has 0 amide bonds. The van der Waals surface area contributed by atoms with E-state index < -0.39 is 10.0 Å². The highest BCUT2D eigenvalue weighted by Gasteiger charge is 2.28. The highest BCUT2D eigenvalue weighted by molar-refractivity contribution is 7.89. The number of hydrogen-bond acceptors (Lipinski definition) is 3. The van der Waals surface area contributed by atoms with E-state index in [-0.39, 0.29) is 29.0 Å². The van der Waals surface area contributed by atoms with Crippen LogP contribution in [0, 0.1) is 0 Å². The van der Waals surface area contributed by atoms with Crippen molar-refractivity contribution in [3.63, 3.8) is 0 Å². The van der Waals surface area contributed by atoms with Crippen LogP contribution >= 0.6 is 11.6 Å². The molecule has 0 heterocycles. The summed E-state index contributed by atoms with van der Waals surface area (Å²) in [7, 11) is -3.65. The molecule has 106 valence electrons. The molecule has 0 bridgehead atoms. The molecule has 4 nitrogen and oxygen atoms in total. The third-order valence-corrected chi connectivity index (χ3v) is 5.23. The Morgan fingerprint density at radius 2 is 2.11 bits per heavy atom. The molecule has 6 heteroatoms. The number of nitrogens with two attached hydrogens (primary N) is 1. The fraction of sp³-hybridized carbons (Fsp3) is 0.385. The zero-order valence-electron chi connectivity index (χ0n) is 11.1. The lowest BCUT2D eigenvalue weighted by Crippen LogP contribution is -2.37. The average Bonchev–Trinajstić information content (AvgIpc) is 2.35. The highest BCUT2D eigenvalue weighted by Crippen LogP contribution is 2.27. The number of hydrogen-bond donors (Lipinski definition) is 1. The molecule has 0 unspecified atom stereocenters. The van der Waals surface area contributed by atoms with Crippen molar-refractivity contribution in [2.45, 2.75) is 31.3 Å². The van der Waals surface area contributed by atoms with E-state index in [0.717, 1.165) is 5.56 Å². The molecule has 1 aromatic rings. The Hall–Kier alpha value is -0.880. The molecule has 2 N–H and O–H groups in total. The number of nitrogens with zero attached hydrogens (tertiary/aromatic N) is 1. The summed E-state index contributed by atoms with van der Waals surface area (Å²) in [6.45, 7) is 7.71. The minimum Gasteiger partial charge on any atom is -0.326 e. The Balaban J connectivity index is 3.36. The minimum absolute atomic E-state index is 0.0904. The largest absolute Gasteiger partial charge is 0.326 e. The molecule has 0 saturated carbocycles. The Labute approximate surface area is 119 Å². The molecule has 19 heavy (non-hydrogen) atoms. The van der Waals surface area contributed by atoms with Gasteiger partial charge in [0.1, 0.15) is 4.90 Å². The molecule has 0 aliphatic heterocycles. The minimum atomic E-state index is -3.65. The second kappa shape index (κ2) is 6.52. The topological polar surface area (TPSA) is 63.4 Å². The molecule has 0 spiro atoms. The lowest BCUT2D eigenvalue weighted by molar-refractivity contribution is 0.383. The van der Waals surface area contributed by atoms with E-state index in [1.807, 2.05) is 13.8 Å². The third-order valence-electron chi connectivity index (χ3n) is 2.70. The lowest BCUT2D eigenvalue weighted by Gasteiger charge is -2.25. The van der Waals surface area contributed by atoms with Crippen LogP contribution in [0.3, 0.4) is 0 Å². The van der Waals surface area contributed by atoms with Crippen LogP contribution in [0.1, 0.15) is 19.4 Å². The fourth-order valence-electron chi connectivity index (χ4n) is 1.71. The van der Waals surface area contributed by atoms with Gasteiger partial charge < -0.3 is 5.73 Å². The quantitative estimate of drug-likeness (QED) is 0.821. The van der Waals surface area contributed by atoms with Gasteiger partial charge in [0.15, 0.2) is 0 Å². The summed E-state index contributed by atoms with van der Waals surface area (Å²) in [5, 5.41) is 0.201. The Kier molecular flexibility index (Phi) is 5.55. The molecular weight excluding hydrogens is 284 g/mol. The van der Waals surface area contributed by atoms with Gasteiger partial charge in [-0.1, -0.05) is 23.7 Å². The number of halogens is 1. The van der Waals surface area contributed by atoms with Gasteiger partial charge in [-0.05, 0) is 31.5 Å². The van der Waals surface area contributed by atoms with Crippen LogP contribution in [0.15, 0.2) is 35.7 Å². The first-order valence-electron chi connectivity index (χ1n) is 5.95. The van der Waals surface area contributed by atoms with Gasteiger partial charge in [-0.15, -0.1) is 6.58 Å². The van der Waals surface area contributed by atoms with E-state index in [4.69, 9.17) is 17.3 Å². The van der Waals surface area contributed by atoms with Crippen LogP contribution in [-0.2, 0) is 16.6 Å². The van der Waals surface area contributed by atoms with E-state index in [1.54, 1.807) is 18.2 Å². The van der Waals surface area contributed by atoms with Gasteiger partial charge in [-0.2, -0.15) is 4.31 Å². The summed E-state index contributed by atoms with van der Waals surface area (Å²) in [4.78, 5) is 0.0904. The first-order chi connectivity index (χ1) is 8.84. The maximum atomic E-state index is 12.6. The standard InChI is InChI=1S/C13H19ClN2O2S/c1-4-7-16(10(2)3)19(17,18)13-8-11(9-15)5-6-12(13)14/h4-6,8,10H,1,7,9,15H2,2-3H3. The van der Waals surface area contributed by atoms with E-state index in [9.17, 15) is 8.42 Å². The number of sulfonamides is 1. The number of benzene rings is 1. The molecule has 0 atom stereocenters. The molecule has 0 fully saturated rings. The SMILES string of the molecule is C=CCN(C(C)C)S(=O)(=O)c1cc(CN)ccc1Cl. The summed E-state index contributed by atoms with van der Waals surface area (Å²) < 4.78 is 26.6. The van der Waals surface area contributed by atoms with Gasteiger partial charge in [-0.3, -0.25) is 0 Å². The van der Waals surface area contributed by atoms with Gasteiger partial charge in [0.2, 0.25) is 10.0 Å². The Bertz CT molecular complexity index is 556. The normalized spacial score (nSPS) is 12.1. The summed E-state index contributed by atoms with van der Waals surface area (Å²) >= 11 is 6.01. The summed E-state index contributed by atoms with van der Waals surface area (Å²) in [5.41, 5.74) is 6.27. The van der Waals surface area contributed by atoms with Crippen LogP contribution < -0.4 is 5.73 Å². The van der Waals surface area contributed by atoms with E-state index in [1.165, 1.54) is 10.4 Å². The molecule has 0 aliphatic carbocycles.